The van der Waals surface area contributed by atoms with Crippen LogP contribution >= 0.6 is 0 Å². The molecule has 2 heterocycles. The number of nitrogens with zero attached hydrogens (tertiary/aromatic N) is 3. The van der Waals surface area contributed by atoms with E-state index in [1.165, 1.54) is 0 Å². The fourth-order valence-electron chi connectivity index (χ4n) is 1.82. The van der Waals surface area contributed by atoms with Crippen LogP contribution in [-0.2, 0) is 6.54 Å². The molecule has 4 nitrogen and oxygen atoms in total. The van der Waals surface area contributed by atoms with Gasteiger partial charge in [-0.2, -0.15) is 0 Å². The van der Waals surface area contributed by atoms with Gasteiger partial charge in [0, 0.05) is 32.7 Å². The predicted molar refractivity (Wildman–Crippen MR) is 61.4 cm³/mol. The van der Waals surface area contributed by atoms with Gasteiger partial charge in [0.15, 0.2) is 0 Å². The Hall–Kier alpha value is -1.13. The lowest BCUT2D eigenvalue weighted by Gasteiger charge is -2.32. The number of pyridine rings is 1. The van der Waals surface area contributed by atoms with E-state index < -0.39 is 0 Å². The van der Waals surface area contributed by atoms with Gasteiger partial charge >= 0.3 is 0 Å². The van der Waals surface area contributed by atoms with Crippen molar-refractivity contribution in [1.29, 1.82) is 0 Å². The molecular formula is C11H18N4. The molecule has 2 N–H and O–H groups in total. The number of rotatable bonds is 2. The second kappa shape index (κ2) is 4.59. The van der Waals surface area contributed by atoms with Crippen molar-refractivity contribution in [2.45, 2.75) is 6.54 Å². The molecule has 0 saturated carbocycles. The van der Waals surface area contributed by atoms with Crippen molar-refractivity contribution in [3.63, 3.8) is 0 Å². The normalized spacial score (nSPS) is 19.3. The van der Waals surface area contributed by atoms with E-state index in [1.807, 2.05) is 18.2 Å². The lowest BCUT2D eigenvalue weighted by Crippen LogP contribution is -2.44. The van der Waals surface area contributed by atoms with Gasteiger partial charge in [-0.1, -0.05) is 6.07 Å². The van der Waals surface area contributed by atoms with Gasteiger partial charge in [-0.25, -0.2) is 4.98 Å². The van der Waals surface area contributed by atoms with Gasteiger partial charge in [-0.05, 0) is 19.2 Å². The number of aromatic nitrogens is 1. The third kappa shape index (κ3) is 2.91. The molecule has 2 rings (SSSR count). The maximum Gasteiger partial charge on any atom is 0.123 e. The molecule has 0 aromatic carbocycles. The van der Waals surface area contributed by atoms with Crippen molar-refractivity contribution in [3.8, 4) is 0 Å². The molecule has 0 amide bonds. The quantitative estimate of drug-likeness (QED) is 0.761. The first kappa shape index (κ1) is 10.4. The van der Waals surface area contributed by atoms with Crippen LogP contribution in [-0.4, -0.2) is 48.0 Å². The Kier molecular flexibility index (Phi) is 3.18. The molecule has 1 aliphatic rings. The Bertz CT molecular complexity index is 318. The highest BCUT2D eigenvalue weighted by Gasteiger charge is 2.13. The van der Waals surface area contributed by atoms with E-state index in [0.717, 1.165) is 38.4 Å². The summed E-state index contributed by atoms with van der Waals surface area (Å²) < 4.78 is 0. The molecule has 0 aliphatic carbocycles. The first-order valence-corrected chi connectivity index (χ1v) is 5.36. The fraction of sp³-hybridized carbons (Fsp3) is 0.545. The van der Waals surface area contributed by atoms with Crippen LogP contribution < -0.4 is 5.73 Å². The summed E-state index contributed by atoms with van der Waals surface area (Å²) in [6.45, 7) is 5.43. The molecule has 0 radical (unpaired) electrons. The smallest absolute Gasteiger partial charge is 0.123 e. The second-order valence-corrected chi connectivity index (χ2v) is 4.13. The summed E-state index contributed by atoms with van der Waals surface area (Å²) in [4.78, 5) is 9.08. The van der Waals surface area contributed by atoms with Crippen molar-refractivity contribution in [3.05, 3.63) is 23.9 Å². The van der Waals surface area contributed by atoms with E-state index in [4.69, 9.17) is 5.73 Å². The van der Waals surface area contributed by atoms with Gasteiger partial charge in [-0.15, -0.1) is 0 Å². The van der Waals surface area contributed by atoms with Crippen molar-refractivity contribution in [1.82, 2.24) is 14.8 Å². The Labute approximate surface area is 90.7 Å². The zero-order valence-corrected chi connectivity index (χ0v) is 9.19. The lowest BCUT2D eigenvalue weighted by atomic mass is 10.3. The Balaban J connectivity index is 1.92. The SMILES string of the molecule is CN1CCN(Cc2cccc(N)n2)CC1. The third-order valence-electron chi connectivity index (χ3n) is 2.81. The van der Waals surface area contributed by atoms with Gasteiger partial charge in [0.05, 0.1) is 5.69 Å². The minimum absolute atomic E-state index is 0.613. The largest absolute Gasteiger partial charge is 0.384 e. The lowest BCUT2D eigenvalue weighted by molar-refractivity contribution is 0.147. The molecule has 1 saturated heterocycles. The minimum Gasteiger partial charge on any atom is -0.384 e. The number of hydrogen-bond acceptors (Lipinski definition) is 4. The number of anilines is 1. The molecule has 0 unspecified atom stereocenters. The van der Waals surface area contributed by atoms with E-state index in [-0.39, 0.29) is 0 Å². The van der Waals surface area contributed by atoms with Crippen molar-refractivity contribution in [2.75, 3.05) is 39.0 Å². The van der Waals surface area contributed by atoms with Crippen LogP contribution in [0.5, 0.6) is 0 Å². The van der Waals surface area contributed by atoms with Crippen LogP contribution in [0.25, 0.3) is 0 Å². The molecule has 4 heteroatoms. The molecule has 1 aromatic heterocycles. The number of piperazine rings is 1. The number of likely N-dealkylation sites (N-methyl/N-ethyl adjacent to an activating group) is 1. The minimum atomic E-state index is 0.613. The van der Waals surface area contributed by atoms with Crippen LogP contribution in [0.4, 0.5) is 5.82 Å². The van der Waals surface area contributed by atoms with Crippen molar-refractivity contribution < 1.29 is 0 Å². The van der Waals surface area contributed by atoms with E-state index in [2.05, 4.69) is 21.8 Å². The molecule has 82 valence electrons. The van der Waals surface area contributed by atoms with E-state index in [9.17, 15) is 0 Å². The third-order valence-corrected chi connectivity index (χ3v) is 2.81. The highest BCUT2D eigenvalue weighted by Crippen LogP contribution is 2.07. The average molecular weight is 206 g/mol. The highest BCUT2D eigenvalue weighted by molar-refractivity contribution is 5.28. The monoisotopic (exact) mass is 206 g/mol. The summed E-state index contributed by atoms with van der Waals surface area (Å²) in [5.74, 6) is 0.613. The summed E-state index contributed by atoms with van der Waals surface area (Å²) in [5, 5.41) is 0. The van der Waals surface area contributed by atoms with Crippen molar-refractivity contribution >= 4 is 5.82 Å². The number of nitrogen functional groups attached to an aromatic ring is 1. The van der Waals surface area contributed by atoms with Gasteiger partial charge < -0.3 is 10.6 Å². The molecule has 0 spiro atoms. The zero-order chi connectivity index (χ0) is 10.7. The molecule has 0 bridgehead atoms. The average Bonchev–Trinajstić information content (AvgIpc) is 2.22. The van der Waals surface area contributed by atoms with Crippen LogP contribution in [0.15, 0.2) is 18.2 Å². The van der Waals surface area contributed by atoms with E-state index >= 15 is 0 Å². The zero-order valence-electron chi connectivity index (χ0n) is 9.19. The molecular weight excluding hydrogens is 188 g/mol. The fourth-order valence-corrected chi connectivity index (χ4v) is 1.82. The summed E-state index contributed by atoms with van der Waals surface area (Å²) in [7, 11) is 2.16. The highest BCUT2D eigenvalue weighted by atomic mass is 15.2. The maximum atomic E-state index is 5.65. The Morgan fingerprint density at radius 2 is 2.00 bits per heavy atom. The summed E-state index contributed by atoms with van der Waals surface area (Å²) >= 11 is 0. The molecule has 1 aromatic rings. The number of nitrogens with two attached hydrogens (primary N) is 1. The summed E-state index contributed by atoms with van der Waals surface area (Å²) in [6, 6.07) is 5.83. The Morgan fingerprint density at radius 3 is 2.67 bits per heavy atom. The molecule has 0 atom stereocenters. The summed E-state index contributed by atoms with van der Waals surface area (Å²) in [5.41, 5.74) is 6.72. The standard InChI is InChI=1S/C11H18N4/c1-14-5-7-15(8-6-14)9-10-3-2-4-11(12)13-10/h2-4H,5-9H2,1H3,(H2,12,13). The first-order chi connectivity index (χ1) is 7.24. The number of hydrogen-bond donors (Lipinski definition) is 1. The predicted octanol–water partition coefficient (Wildman–Crippen LogP) is 0.411. The topological polar surface area (TPSA) is 45.4 Å². The van der Waals surface area contributed by atoms with E-state index in [1.54, 1.807) is 0 Å². The van der Waals surface area contributed by atoms with Gasteiger partial charge in [0.2, 0.25) is 0 Å². The van der Waals surface area contributed by atoms with Crippen LogP contribution in [0.1, 0.15) is 5.69 Å². The Morgan fingerprint density at radius 1 is 1.27 bits per heavy atom. The van der Waals surface area contributed by atoms with Crippen LogP contribution in [0.3, 0.4) is 0 Å². The molecule has 1 fully saturated rings. The maximum absolute atomic E-state index is 5.65. The van der Waals surface area contributed by atoms with Crippen LogP contribution in [0.2, 0.25) is 0 Å². The van der Waals surface area contributed by atoms with Gasteiger partial charge in [0.25, 0.3) is 0 Å². The van der Waals surface area contributed by atoms with Crippen molar-refractivity contribution in [2.24, 2.45) is 0 Å². The molecule has 1 aliphatic heterocycles. The van der Waals surface area contributed by atoms with Crippen LogP contribution in [0, 0.1) is 0 Å². The summed E-state index contributed by atoms with van der Waals surface area (Å²) in [6.07, 6.45) is 0. The second-order valence-electron chi connectivity index (χ2n) is 4.13. The van der Waals surface area contributed by atoms with Gasteiger partial charge in [-0.3, -0.25) is 4.90 Å². The van der Waals surface area contributed by atoms with Gasteiger partial charge in [0.1, 0.15) is 5.82 Å². The molecule has 15 heavy (non-hydrogen) atoms. The van der Waals surface area contributed by atoms with E-state index in [0.29, 0.717) is 5.82 Å². The first-order valence-electron chi connectivity index (χ1n) is 5.36.